The van der Waals surface area contributed by atoms with Crippen molar-refractivity contribution in [3.05, 3.63) is 12.7 Å². The zero-order chi connectivity index (χ0) is 13.6. The Morgan fingerprint density at radius 1 is 1.21 bits per heavy atom. The number of nitrogen functional groups attached to an aromatic ring is 1. The van der Waals surface area contributed by atoms with Gasteiger partial charge in [-0.05, 0) is 0 Å². The van der Waals surface area contributed by atoms with E-state index in [4.69, 9.17) is 5.73 Å². The summed E-state index contributed by atoms with van der Waals surface area (Å²) in [6.45, 7) is 0. The summed E-state index contributed by atoms with van der Waals surface area (Å²) < 4.78 is 1.64. The van der Waals surface area contributed by atoms with Crippen LogP contribution < -0.4 is 5.73 Å². The molecule has 0 bridgehead atoms. The van der Waals surface area contributed by atoms with Crippen LogP contribution in [0.5, 0.6) is 0 Å². The number of rotatable bonds is 1. The molecule has 0 saturated carbocycles. The topological polar surface area (TPSA) is 130 Å². The van der Waals surface area contributed by atoms with Crippen LogP contribution in [0, 0.1) is 0 Å². The lowest BCUT2D eigenvalue weighted by Gasteiger charge is -2.35. The molecule has 0 unspecified atom stereocenters. The normalized spacial score (nSPS) is 31.7. The Bertz CT molecular complexity index is 606. The summed E-state index contributed by atoms with van der Waals surface area (Å²) >= 11 is 1.32. The summed E-state index contributed by atoms with van der Waals surface area (Å²) in [4.78, 5) is 12.1. The fourth-order valence-electron chi connectivity index (χ4n) is 2.09. The average Bonchev–Trinajstić information content (AvgIpc) is 2.82. The number of nitrogens with two attached hydrogens (primary N) is 1. The Kier molecular flexibility index (Phi) is 3.05. The molecule has 2 aromatic rings. The molecular weight excluding hydrogens is 270 g/mol. The highest BCUT2D eigenvalue weighted by Gasteiger charge is 2.38. The van der Waals surface area contributed by atoms with Crippen LogP contribution in [0.2, 0.25) is 0 Å². The number of aliphatic hydroxyl groups is 3. The molecule has 0 aromatic carbocycles. The molecule has 1 fully saturated rings. The number of aromatic nitrogens is 4. The summed E-state index contributed by atoms with van der Waals surface area (Å²) in [5.74, 6) is 0.586. The summed E-state index contributed by atoms with van der Waals surface area (Å²) in [7, 11) is 0. The van der Waals surface area contributed by atoms with Gasteiger partial charge < -0.3 is 21.1 Å². The Balaban J connectivity index is 2.03. The zero-order valence-electron chi connectivity index (χ0n) is 9.79. The zero-order valence-corrected chi connectivity index (χ0v) is 10.6. The van der Waals surface area contributed by atoms with Gasteiger partial charge >= 0.3 is 0 Å². The lowest BCUT2D eigenvalue weighted by atomic mass is 10.1. The Morgan fingerprint density at radius 3 is 2.79 bits per heavy atom. The van der Waals surface area contributed by atoms with Gasteiger partial charge in [0.15, 0.2) is 11.5 Å². The highest BCUT2D eigenvalue weighted by molar-refractivity contribution is 7.99. The van der Waals surface area contributed by atoms with Crippen molar-refractivity contribution >= 4 is 28.7 Å². The molecule has 102 valence electrons. The van der Waals surface area contributed by atoms with Gasteiger partial charge in [0, 0.05) is 5.75 Å². The van der Waals surface area contributed by atoms with Crippen molar-refractivity contribution < 1.29 is 15.3 Å². The van der Waals surface area contributed by atoms with Gasteiger partial charge in [0.25, 0.3) is 0 Å². The van der Waals surface area contributed by atoms with E-state index in [9.17, 15) is 15.3 Å². The minimum atomic E-state index is -1.19. The third-order valence-electron chi connectivity index (χ3n) is 3.14. The van der Waals surface area contributed by atoms with Crippen molar-refractivity contribution in [1.29, 1.82) is 0 Å². The molecule has 2 aromatic heterocycles. The Morgan fingerprint density at radius 2 is 2.00 bits per heavy atom. The second-order valence-corrected chi connectivity index (χ2v) is 5.51. The summed E-state index contributed by atoms with van der Waals surface area (Å²) in [5, 5.41) is 28.8. The molecule has 3 heterocycles. The molecule has 3 rings (SSSR count). The summed E-state index contributed by atoms with van der Waals surface area (Å²) in [5.41, 5.74) is 6.65. The van der Waals surface area contributed by atoms with Crippen LogP contribution in [0.25, 0.3) is 11.2 Å². The molecule has 0 aliphatic carbocycles. The third-order valence-corrected chi connectivity index (χ3v) is 4.52. The summed E-state index contributed by atoms with van der Waals surface area (Å²) in [6, 6.07) is 0. The smallest absolute Gasteiger partial charge is 0.166 e. The lowest BCUT2D eigenvalue weighted by molar-refractivity contribution is -0.0625. The lowest BCUT2D eigenvalue weighted by Crippen LogP contribution is -2.47. The van der Waals surface area contributed by atoms with Gasteiger partial charge in [-0.3, -0.25) is 4.57 Å². The van der Waals surface area contributed by atoms with E-state index in [1.807, 2.05) is 0 Å². The number of hydrogen-bond acceptors (Lipinski definition) is 8. The van der Waals surface area contributed by atoms with Gasteiger partial charge in [-0.1, -0.05) is 0 Å². The van der Waals surface area contributed by atoms with E-state index >= 15 is 0 Å². The SMILES string of the molecule is Nc1ncnc2c1ncn2[C@@H]1SC[C@@H](O)[C@H](O)[C@H]1O. The largest absolute Gasteiger partial charge is 0.389 e. The van der Waals surface area contributed by atoms with Crippen LogP contribution in [-0.4, -0.2) is 58.9 Å². The highest BCUT2D eigenvalue weighted by Crippen LogP contribution is 2.36. The number of thioether (sulfide) groups is 1. The Hall–Kier alpha value is -1.42. The molecule has 0 spiro atoms. The van der Waals surface area contributed by atoms with Gasteiger partial charge in [-0.25, -0.2) is 15.0 Å². The van der Waals surface area contributed by atoms with Gasteiger partial charge in [-0.15, -0.1) is 11.8 Å². The van der Waals surface area contributed by atoms with E-state index in [0.29, 0.717) is 16.9 Å². The first-order chi connectivity index (χ1) is 9.09. The van der Waals surface area contributed by atoms with E-state index in [-0.39, 0.29) is 5.82 Å². The molecule has 0 amide bonds. The van der Waals surface area contributed by atoms with E-state index in [0.717, 1.165) is 0 Å². The van der Waals surface area contributed by atoms with Gasteiger partial charge in [0.1, 0.15) is 29.4 Å². The van der Waals surface area contributed by atoms with Crippen LogP contribution in [0.15, 0.2) is 12.7 Å². The van der Waals surface area contributed by atoms with Crippen LogP contribution in [-0.2, 0) is 0 Å². The minimum Gasteiger partial charge on any atom is -0.389 e. The molecular formula is C10H13N5O3S. The second-order valence-electron chi connectivity index (χ2n) is 4.36. The molecule has 1 aliphatic heterocycles. The Labute approximate surface area is 112 Å². The molecule has 0 radical (unpaired) electrons. The van der Waals surface area contributed by atoms with Gasteiger partial charge in [0.2, 0.25) is 0 Å². The van der Waals surface area contributed by atoms with Crippen molar-refractivity contribution in [2.24, 2.45) is 0 Å². The van der Waals surface area contributed by atoms with Crippen LogP contribution in [0.4, 0.5) is 5.82 Å². The van der Waals surface area contributed by atoms with Crippen LogP contribution in [0.1, 0.15) is 5.37 Å². The second kappa shape index (κ2) is 4.60. The molecule has 8 nitrogen and oxygen atoms in total. The van der Waals surface area contributed by atoms with Crippen LogP contribution >= 0.6 is 11.8 Å². The number of anilines is 1. The van der Waals surface area contributed by atoms with E-state index in [1.165, 1.54) is 24.4 Å². The minimum absolute atomic E-state index is 0.264. The maximum absolute atomic E-state index is 10.1. The first-order valence-corrected chi connectivity index (χ1v) is 6.73. The maximum Gasteiger partial charge on any atom is 0.166 e. The predicted octanol–water partition coefficient (Wildman–Crippen LogP) is -1.26. The van der Waals surface area contributed by atoms with Crippen molar-refractivity contribution in [3.63, 3.8) is 0 Å². The quantitative estimate of drug-likeness (QED) is 0.510. The molecule has 1 aliphatic rings. The predicted molar refractivity (Wildman–Crippen MR) is 69.3 cm³/mol. The standard InChI is InChI=1S/C10H13N5O3S/c11-8-5-9(13-2-12-8)15(3-14-5)10-7(18)6(17)4(16)1-19-10/h2-4,6-7,10,16-18H,1H2,(H2,11,12,13)/t4-,6+,7-,10-/m1/s1. The number of hydrogen-bond donors (Lipinski definition) is 4. The molecule has 19 heavy (non-hydrogen) atoms. The molecule has 4 atom stereocenters. The van der Waals surface area contributed by atoms with E-state index in [1.54, 1.807) is 4.57 Å². The van der Waals surface area contributed by atoms with E-state index in [2.05, 4.69) is 15.0 Å². The van der Waals surface area contributed by atoms with Crippen molar-refractivity contribution in [3.8, 4) is 0 Å². The van der Waals surface area contributed by atoms with Gasteiger partial charge in [0.05, 0.1) is 12.4 Å². The number of aliphatic hydroxyl groups excluding tert-OH is 3. The first kappa shape index (κ1) is 12.6. The molecule has 1 saturated heterocycles. The fourth-order valence-corrected chi connectivity index (χ4v) is 3.36. The van der Waals surface area contributed by atoms with E-state index < -0.39 is 23.7 Å². The highest BCUT2D eigenvalue weighted by atomic mass is 32.2. The van der Waals surface area contributed by atoms with Crippen molar-refractivity contribution in [2.75, 3.05) is 11.5 Å². The monoisotopic (exact) mass is 283 g/mol. The maximum atomic E-state index is 10.1. The fraction of sp³-hybridized carbons (Fsp3) is 0.500. The number of fused-ring (bicyclic) bond motifs is 1. The average molecular weight is 283 g/mol. The molecule has 9 heteroatoms. The van der Waals surface area contributed by atoms with Crippen molar-refractivity contribution in [1.82, 2.24) is 19.5 Å². The molecule has 5 N–H and O–H groups in total. The van der Waals surface area contributed by atoms with Gasteiger partial charge in [-0.2, -0.15) is 0 Å². The van der Waals surface area contributed by atoms with Crippen LogP contribution in [0.3, 0.4) is 0 Å². The number of imidazole rings is 1. The van der Waals surface area contributed by atoms with Crippen molar-refractivity contribution in [2.45, 2.75) is 23.7 Å². The third kappa shape index (κ3) is 1.94. The first-order valence-electron chi connectivity index (χ1n) is 5.68. The number of nitrogens with zero attached hydrogens (tertiary/aromatic N) is 4. The summed E-state index contributed by atoms with van der Waals surface area (Å²) in [6.07, 6.45) is -0.418.